The highest BCUT2D eigenvalue weighted by Crippen LogP contribution is 2.24. The summed E-state index contributed by atoms with van der Waals surface area (Å²) in [5.74, 6) is -0.254. The van der Waals surface area contributed by atoms with Crippen molar-refractivity contribution in [2.45, 2.75) is 35.9 Å². The quantitative estimate of drug-likeness (QED) is 0.853. The van der Waals surface area contributed by atoms with Gasteiger partial charge in [-0.2, -0.15) is 0 Å². The van der Waals surface area contributed by atoms with Crippen LogP contribution in [0.15, 0.2) is 46.7 Å². The molecular weight excluding hydrogens is 261 g/mol. The first-order valence-electron chi connectivity index (χ1n) is 6.17. The third-order valence-electron chi connectivity index (χ3n) is 2.71. The van der Waals surface area contributed by atoms with E-state index in [1.165, 1.54) is 23.9 Å². The zero-order chi connectivity index (χ0) is 13.7. The highest BCUT2D eigenvalue weighted by atomic mass is 32.2. The van der Waals surface area contributed by atoms with Gasteiger partial charge in [0.25, 0.3) is 0 Å². The predicted octanol–water partition coefficient (Wildman–Crippen LogP) is 3.05. The van der Waals surface area contributed by atoms with E-state index in [0.29, 0.717) is 5.16 Å². The maximum Gasteiger partial charge on any atom is 0.192 e. The van der Waals surface area contributed by atoms with Gasteiger partial charge in [0.1, 0.15) is 5.82 Å². The molecule has 2 N–H and O–H groups in total. The summed E-state index contributed by atoms with van der Waals surface area (Å²) in [5.41, 5.74) is 6.91. The Morgan fingerprint density at radius 1 is 1.32 bits per heavy atom. The van der Waals surface area contributed by atoms with E-state index >= 15 is 0 Å². The first-order chi connectivity index (χ1) is 9.17. The van der Waals surface area contributed by atoms with Gasteiger partial charge in [-0.3, -0.25) is 0 Å². The molecule has 0 fully saturated rings. The van der Waals surface area contributed by atoms with Crippen LogP contribution in [0, 0.1) is 5.82 Å². The van der Waals surface area contributed by atoms with Crippen molar-refractivity contribution in [2.24, 2.45) is 5.73 Å². The Balaban J connectivity index is 2.02. The van der Waals surface area contributed by atoms with Gasteiger partial charge in [-0.05, 0) is 48.4 Å². The molecule has 1 aromatic carbocycles. The van der Waals surface area contributed by atoms with E-state index in [-0.39, 0.29) is 11.9 Å². The van der Waals surface area contributed by atoms with E-state index in [1.807, 2.05) is 6.07 Å². The molecule has 0 aliphatic rings. The molecular formula is C14H16FN3S. The molecule has 0 aliphatic heterocycles. The molecule has 0 radical (unpaired) electrons. The molecule has 1 aromatic heterocycles. The van der Waals surface area contributed by atoms with Gasteiger partial charge in [-0.25, -0.2) is 14.4 Å². The Morgan fingerprint density at radius 3 is 2.68 bits per heavy atom. The van der Waals surface area contributed by atoms with Crippen molar-refractivity contribution in [2.75, 3.05) is 0 Å². The summed E-state index contributed by atoms with van der Waals surface area (Å²) < 4.78 is 13.0. The lowest BCUT2D eigenvalue weighted by molar-refractivity contribution is 0.624. The number of aromatic nitrogens is 2. The van der Waals surface area contributed by atoms with Gasteiger partial charge in [0, 0.05) is 23.3 Å². The van der Waals surface area contributed by atoms with E-state index in [4.69, 9.17) is 5.73 Å². The monoisotopic (exact) mass is 277 g/mol. The fourth-order valence-corrected chi connectivity index (χ4v) is 2.32. The first-order valence-corrected chi connectivity index (χ1v) is 6.99. The second-order valence-electron chi connectivity index (χ2n) is 4.31. The normalized spacial score (nSPS) is 12.4. The standard InChI is InChI=1S/C14H16FN3S/c1-2-12(16)6-10-8-17-14(18-9-10)19-13-5-3-4-11(15)7-13/h3-5,7-9,12H,2,6,16H2,1H3. The second kappa shape index (κ2) is 6.63. The van der Waals surface area contributed by atoms with Gasteiger partial charge in [0.15, 0.2) is 5.16 Å². The molecule has 0 aliphatic carbocycles. The molecule has 0 spiro atoms. The maximum absolute atomic E-state index is 13.0. The number of rotatable bonds is 5. The third-order valence-corrected chi connectivity index (χ3v) is 3.59. The molecule has 0 amide bonds. The van der Waals surface area contributed by atoms with Crippen LogP contribution in [0.1, 0.15) is 18.9 Å². The minimum atomic E-state index is -0.254. The predicted molar refractivity (Wildman–Crippen MR) is 74.5 cm³/mol. The number of hydrogen-bond donors (Lipinski definition) is 1. The van der Waals surface area contributed by atoms with Crippen molar-refractivity contribution in [3.05, 3.63) is 48.0 Å². The summed E-state index contributed by atoms with van der Waals surface area (Å²) in [7, 11) is 0. The molecule has 5 heteroatoms. The largest absolute Gasteiger partial charge is 0.327 e. The van der Waals surface area contributed by atoms with Crippen LogP contribution in [0.2, 0.25) is 0 Å². The maximum atomic E-state index is 13.0. The summed E-state index contributed by atoms with van der Waals surface area (Å²) in [6.07, 6.45) is 5.27. The SMILES string of the molecule is CCC(N)Cc1cnc(Sc2cccc(F)c2)nc1. The minimum Gasteiger partial charge on any atom is -0.327 e. The lowest BCUT2D eigenvalue weighted by Crippen LogP contribution is -2.21. The molecule has 1 unspecified atom stereocenters. The fourth-order valence-electron chi connectivity index (χ4n) is 1.58. The summed E-state index contributed by atoms with van der Waals surface area (Å²) in [5, 5.41) is 0.611. The molecule has 0 saturated carbocycles. The molecule has 3 nitrogen and oxygen atoms in total. The Morgan fingerprint density at radius 2 is 2.05 bits per heavy atom. The first kappa shape index (κ1) is 14.0. The highest BCUT2D eigenvalue weighted by molar-refractivity contribution is 7.99. The molecule has 19 heavy (non-hydrogen) atoms. The van der Waals surface area contributed by atoms with Crippen LogP contribution in [0.5, 0.6) is 0 Å². The average Bonchev–Trinajstić information content (AvgIpc) is 2.41. The van der Waals surface area contributed by atoms with Crippen molar-refractivity contribution < 1.29 is 4.39 Å². The van der Waals surface area contributed by atoms with E-state index in [9.17, 15) is 4.39 Å². The molecule has 1 atom stereocenters. The molecule has 0 saturated heterocycles. The van der Waals surface area contributed by atoms with Crippen molar-refractivity contribution in [1.82, 2.24) is 9.97 Å². The lowest BCUT2D eigenvalue weighted by Gasteiger charge is -2.08. The highest BCUT2D eigenvalue weighted by Gasteiger charge is 2.05. The van der Waals surface area contributed by atoms with E-state index in [2.05, 4.69) is 16.9 Å². The van der Waals surface area contributed by atoms with Gasteiger partial charge in [0.05, 0.1) is 0 Å². The molecule has 100 valence electrons. The van der Waals surface area contributed by atoms with Crippen molar-refractivity contribution in [3.8, 4) is 0 Å². The molecule has 0 bridgehead atoms. The fraction of sp³-hybridized carbons (Fsp3) is 0.286. The second-order valence-corrected chi connectivity index (χ2v) is 5.35. The third kappa shape index (κ3) is 4.29. The van der Waals surface area contributed by atoms with Gasteiger partial charge < -0.3 is 5.73 Å². The van der Waals surface area contributed by atoms with Crippen LogP contribution >= 0.6 is 11.8 Å². The average molecular weight is 277 g/mol. The summed E-state index contributed by atoms with van der Waals surface area (Å²) >= 11 is 1.34. The van der Waals surface area contributed by atoms with Crippen LogP contribution in [0.3, 0.4) is 0 Å². The van der Waals surface area contributed by atoms with E-state index in [1.54, 1.807) is 18.5 Å². The van der Waals surface area contributed by atoms with E-state index < -0.39 is 0 Å². The molecule has 1 heterocycles. The lowest BCUT2D eigenvalue weighted by atomic mass is 10.1. The Hall–Kier alpha value is -1.46. The Kier molecular flexibility index (Phi) is 4.87. The minimum absolute atomic E-state index is 0.144. The number of halogens is 1. The van der Waals surface area contributed by atoms with Crippen molar-refractivity contribution in [1.29, 1.82) is 0 Å². The number of benzene rings is 1. The van der Waals surface area contributed by atoms with Crippen LogP contribution in [0.4, 0.5) is 4.39 Å². The van der Waals surface area contributed by atoms with Gasteiger partial charge >= 0.3 is 0 Å². The van der Waals surface area contributed by atoms with Crippen molar-refractivity contribution >= 4 is 11.8 Å². The summed E-state index contributed by atoms with van der Waals surface area (Å²) in [6.45, 7) is 2.06. The zero-order valence-electron chi connectivity index (χ0n) is 10.7. The van der Waals surface area contributed by atoms with Crippen LogP contribution in [0.25, 0.3) is 0 Å². The van der Waals surface area contributed by atoms with Crippen LogP contribution < -0.4 is 5.73 Å². The number of nitrogens with zero attached hydrogens (tertiary/aromatic N) is 2. The van der Waals surface area contributed by atoms with E-state index in [0.717, 1.165) is 23.3 Å². The topological polar surface area (TPSA) is 51.8 Å². The Bertz CT molecular complexity index is 530. The zero-order valence-corrected chi connectivity index (χ0v) is 11.5. The smallest absolute Gasteiger partial charge is 0.192 e. The molecule has 2 rings (SSSR count). The summed E-state index contributed by atoms with van der Waals surface area (Å²) in [4.78, 5) is 9.32. The van der Waals surface area contributed by atoms with Gasteiger partial charge in [-0.15, -0.1) is 0 Å². The number of hydrogen-bond acceptors (Lipinski definition) is 4. The van der Waals surface area contributed by atoms with Gasteiger partial charge in [-0.1, -0.05) is 13.0 Å². The number of nitrogens with two attached hydrogens (primary N) is 1. The van der Waals surface area contributed by atoms with Gasteiger partial charge in [0.2, 0.25) is 0 Å². The Labute approximate surface area is 116 Å². The summed E-state index contributed by atoms with van der Waals surface area (Å²) in [6, 6.07) is 6.53. The van der Waals surface area contributed by atoms with Crippen LogP contribution in [-0.2, 0) is 6.42 Å². The molecule has 2 aromatic rings. The van der Waals surface area contributed by atoms with Crippen LogP contribution in [-0.4, -0.2) is 16.0 Å². The van der Waals surface area contributed by atoms with Crippen molar-refractivity contribution in [3.63, 3.8) is 0 Å².